The number of carbonyl (C=O) groups excluding carboxylic acids is 1. The highest BCUT2D eigenvalue weighted by molar-refractivity contribution is 7.90. The Morgan fingerprint density at radius 3 is 2.48 bits per heavy atom. The highest BCUT2D eigenvalue weighted by Gasteiger charge is 2.35. The summed E-state index contributed by atoms with van der Waals surface area (Å²) >= 11 is 0. The van der Waals surface area contributed by atoms with Crippen LogP contribution in [0.1, 0.15) is 82.0 Å². The highest BCUT2D eigenvalue weighted by Crippen LogP contribution is 2.36. The number of rotatable bonds is 7. The van der Waals surface area contributed by atoms with E-state index >= 15 is 0 Å². The van der Waals surface area contributed by atoms with Gasteiger partial charge in [-0.15, -0.1) is 5.10 Å². The molecule has 1 saturated carbocycles. The van der Waals surface area contributed by atoms with Crippen molar-refractivity contribution in [2.45, 2.75) is 76.3 Å². The molecule has 1 heterocycles. The standard InChI is InChI=1S/C21H30N4O5S/c1-7-13(2)18-23-25(20(27)24(18)15-9-10-15)31(28,29)17-11-8-14(12-16(17)30-6)19(26)22-21(3,4)5/h8,11-13,15H,7,9-10H2,1-6H3,(H,22,26). The van der Waals surface area contributed by atoms with Crippen LogP contribution in [0.4, 0.5) is 0 Å². The Morgan fingerprint density at radius 2 is 1.97 bits per heavy atom. The van der Waals surface area contributed by atoms with Crippen LogP contribution in [0.15, 0.2) is 27.9 Å². The SMILES string of the molecule is CCC(C)c1nn(S(=O)(=O)c2ccc(C(=O)NC(C)(C)C)cc2OC)c(=O)n1C1CC1. The number of nitrogens with zero attached hydrogens (tertiary/aromatic N) is 3. The molecule has 1 amide bonds. The number of ether oxygens (including phenoxy) is 1. The topological polar surface area (TPSA) is 112 Å². The van der Waals surface area contributed by atoms with Crippen LogP contribution in [0.2, 0.25) is 0 Å². The molecule has 1 unspecified atom stereocenters. The zero-order valence-corrected chi connectivity index (χ0v) is 19.6. The molecule has 170 valence electrons. The average molecular weight is 451 g/mol. The van der Waals surface area contributed by atoms with E-state index in [4.69, 9.17) is 4.74 Å². The van der Waals surface area contributed by atoms with Gasteiger partial charge in [0.25, 0.3) is 15.9 Å². The average Bonchev–Trinajstić information content (AvgIpc) is 3.47. The Bertz CT molecular complexity index is 1150. The molecule has 1 aromatic heterocycles. The first-order chi connectivity index (χ1) is 14.4. The molecule has 0 spiro atoms. The van der Waals surface area contributed by atoms with E-state index in [-0.39, 0.29) is 34.1 Å². The maximum atomic E-state index is 13.4. The van der Waals surface area contributed by atoms with E-state index < -0.39 is 21.3 Å². The van der Waals surface area contributed by atoms with E-state index in [1.54, 1.807) is 0 Å². The fraction of sp³-hybridized carbons (Fsp3) is 0.571. The van der Waals surface area contributed by atoms with Crippen molar-refractivity contribution in [2.75, 3.05) is 7.11 Å². The van der Waals surface area contributed by atoms with E-state index in [1.165, 1.54) is 29.9 Å². The van der Waals surface area contributed by atoms with Gasteiger partial charge < -0.3 is 10.1 Å². The molecule has 10 heteroatoms. The third-order valence-electron chi connectivity index (χ3n) is 5.19. The van der Waals surface area contributed by atoms with Gasteiger partial charge in [-0.05, 0) is 58.2 Å². The first-order valence-electron chi connectivity index (χ1n) is 10.4. The fourth-order valence-electron chi connectivity index (χ4n) is 3.25. The second-order valence-corrected chi connectivity index (χ2v) is 10.7. The van der Waals surface area contributed by atoms with Crippen LogP contribution in [0, 0.1) is 0 Å². The van der Waals surface area contributed by atoms with Gasteiger partial charge in [0.1, 0.15) is 16.5 Å². The van der Waals surface area contributed by atoms with E-state index in [1.807, 2.05) is 34.6 Å². The second-order valence-electron chi connectivity index (χ2n) is 8.97. The number of aromatic nitrogens is 3. The smallest absolute Gasteiger partial charge is 0.361 e. The zero-order chi connectivity index (χ0) is 23.1. The summed E-state index contributed by atoms with van der Waals surface area (Å²) in [5.41, 5.74) is -0.874. The van der Waals surface area contributed by atoms with Crippen LogP contribution in [0.5, 0.6) is 5.75 Å². The molecular weight excluding hydrogens is 420 g/mol. The molecule has 1 aliphatic rings. The molecule has 1 N–H and O–H groups in total. The van der Waals surface area contributed by atoms with Crippen molar-refractivity contribution in [1.82, 2.24) is 19.1 Å². The predicted molar refractivity (Wildman–Crippen MR) is 116 cm³/mol. The normalized spacial score (nSPS) is 15.5. The quantitative estimate of drug-likeness (QED) is 0.694. The molecule has 1 aliphatic carbocycles. The number of carbonyl (C=O) groups is 1. The van der Waals surface area contributed by atoms with Crippen molar-refractivity contribution in [3.63, 3.8) is 0 Å². The van der Waals surface area contributed by atoms with Crippen molar-refractivity contribution < 1.29 is 17.9 Å². The molecule has 9 nitrogen and oxygen atoms in total. The van der Waals surface area contributed by atoms with Gasteiger partial charge in [-0.2, -0.15) is 8.42 Å². The zero-order valence-electron chi connectivity index (χ0n) is 18.8. The van der Waals surface area contributed by atoms with E-state index in [9.17, 15) is 18.0 Å². The van der Waals surface area contributed by atoms with Gasteiger partial charge in [0.05, 0.1) is 7.11 Å². The molecule has 3 rings (SSSR count). The molecule has 1 fully saturated rings. The number of hydrogen-bond acceptors (Lipinski definition) is 6. The number of benzene rings is 1. The van der Waals surface area contributed by atoms with Crippen LogP contribution in [0.3, 0.4) is 0 Å². The highest BCUT2D eigenvalue weighted by atomic mass is 32.2. The minimum atomic E-state index is -4.32. The summed E-state index contributed by atoms with van der Waals surface area (Å²) in [4.78, 5) is 25.3. The molecule has 0 bridgehead atoms. The van der Waals surface area contributed by atoms with Gasteiger partial charge in [-0.25, -0.2) is 4.79 Å². The third-order valence-corrected chi connectivity index (χ3v) is 6.78. The molecular formula is C21H30N4O5S. The summed E-state index contributed by atoms with van der Waals surface area (Å²) in [6.07, 6.45) is 2.39. The molecule has 0 aliphatic heterocycles. The third kappa shape index (κ3) is 4.53. The van der Waals surface area contributed by atoms with Gasteiger partial charge in [0.15, 0.2) is 0 Å². The molecule has 1 aromatic carbocycles. The van der Waals surface area contributed by atoms with Crippen molar-refractivity contribution in [2.24, 2.45) is 0 Å². The lowest BCUT2D eigenvalue weighted by molar-refractivity contribution is 0.0919. The molecule has 0 radical (unpaired) electrons. The lowest BCUT2D eigenvalue weighted by atomic mass is 10.1. The van der Waals surface area contributed by atoms with Crippen LogP contribution in [-0.4, -0.2) is 40.7 Å². The summed E-state index contributed by atoms with van der Waals surface area (Å²) in [6.45, 7) is 9.42. The second kappa shape index (κ2) is 8.14. The van der Waals surface area contributed by atoms with Gasteiger partial charge >= 0.3 is 5.69 Å². The molecule has 0 saturated heterocycles. The predicted octanol–water partition coefficient (Wildman–Crippen LogP) is 2.67. The van der Waals surface area contributed by atoms with Crippen molar-refractivity contribution in [3.05, 3.63) is 40.1 Å². The summed E-state index contributed by atoms with van der Waals surface area (Å²) in [7, 11) is -3.01. The number of hydrogen-bond donors (Lipinski definition) is 1. The lowest BCUT2D eigenvalue weighted by Gasteiger charge is -2.21. The van der Waals surface area contributed by atoms with Gasteiger partial charge in [-0.1, -0.05) is 17.9 Å². The fourth-order valence-corrected chi connectivity index (χ4v) is 4.56. The number of amides is 1. The first kappa shape index (κ1) is 23.1. The van der Waals surface area contributed by atoms with Crippen molar-refractivity contribution >= 4 is 15.9 Å². The lowest BCUT2D eigenvalue weighted by Crippen LogP contribution is -2.40. The van der Waals surface area contributed by atoms with Gasteiger partial charge in [0.2, 0.25) is 0 Å². The van der Waals surface area contributed by atoms with Crippen LogP contribution < -0.4 is 15.7 Å². The molecule has 1 atom stereocenters. The van der Waals surface area contributed by atoms with Crippen LogP contribution in [0.25, 0.3) is 0 Å². The monoisotopic (exact) mass is 450 g/mol. The van der Waals surface area contributed by atoms with Crippen LogP contribution >= 0.6 is 0 Å². The van der Waals surface area contributed by atoms with E-state index in [0.717, 1.165) is 19.3 Å². The summed E-state index contributed by atoms with van der Waals surface area (Å²) in [6, 6.07) is 4.02. The molecule has 2 aromatic rings. The minimum absolute atomic E-state index is 0.00850. The van der Waals surface area contributed by atoms with Crippen molar-refractivity contribution in [3.8, 4) is 5.75 Å². The Balaban J connectivity index is 2.08. The van der Waals surface area contributed by atoms with Crippen LogP contribution in [-0.2, 0) is 10.0 Å². The Morgan fingerprint density at radius 1 is 1.32 bits per heavy atom. The van der Waals surface area contributed by atoms with Gasteiger partial charge in [-0.3, -0.25) is 9.36 Å². The first-order valence-corrected chi connectivity index (χ1v) is 11.8. The summed E-state index contributed by atoms with van der Waals surface area (Å²) in [5.74, 6) is 0.0253. The maximum Gasteiger partial charge on any atom is 0.361 e. The minimum Gasteiger partial charge on any atom is -0.495 e. The summed E-state index contributed by atoms with van der Waals surface area (Å²) < 4.78 is 34.1. The summed E-state index contributed by atoms with van der Waals surface area (Å²) in [5, 5.41) is 7.04. The van der Waals surface area contributed by atoms with E-state index in [2.05, 4.69) is 10.4 Å². The Hall–Kier alpha value is -2.62. The van der Waals surface area contributed by atoms with E-state index in [0.29, 0.717) is 9.91 Å². The number of methoxy groups -OCH3 is 1. The maximum absolute atomic E-state index is 13.4. The Labute approximate surface area is 182 Å². The van der Waals surface area contributed by atoms with Gasteiger partial charge in [0, 0.05) is 23.1 Å². The van der Waals surface area contributed by atoms with Crippen molar-refractivity contribution in [1.29, 1.82) is 0 Å². The Kier molecular flexibility index (Phi) is 6.05. The largest absolute Gasteiger partial charge is 0.495 e. The number of nitrogens with one attached hydrogen (secondary N) is 1. The molecule has 31 heavy (non-hydrogen) atoms.